The standard InChI is InChI=1S/C19H13Cl2F2NO3/c20-15-2-1-3-16(21)19(15)24-13(9-25)7-14(8-18(24)26)27-10-11-4-5-12(22)6-17(11)23/h1-8,25H,9-10H2. The van der Waals surface area contributed by atoms with Crippen LogP contribution in [-0.4, -0.2) is 9.67 Å². The number of benzene rings is 2. The van der Waals surface area contributed by atoms with E-state index in [-0.39, 0.29) is 39.3 Å². The minimum Gasteiger partial charge on any atom is -0.489 e. The van der Waals surface area contributed by atoms with E-state index in [1.807, 2.05) is 0 Å². The molecule has 140 valence electrons. The largest absolute Gasteiger partial charge is 0.489 e. The van der Waals surface area contributed by atoms with Crippen molar-refractivity contribution >= 4 is 23.2 Å². The molecule has 0 unspecified atom stereocenters. The average Bonchev–Trinajstić information content (AvgIpc) is 2.62. The van der Waals surface area contributed by atoms with Crippen LogP contribution in [0.4, 0.5) is 8.78 Å². The monoisotopic (exact) mass is 411 g/mol. The molecule has 0 fully saturated rings. The number of nitrogens with zero attached hydrogens (tertiary/aromatic N) is 1. The predicted octanol–water partition coefficient (Wildman–Crippen LogP) is 4.49. The van der Waals surface area contributed by atoms with Gasteiger partial charge in [0.25, 0.3) is 5.56 Å². The summed E-state index contributed by atoms with van der Waals surface area (Å²) in [5, 5.41) is 10.1. The Hall–Kier alpha value is -2.41. The van der Waals surface area contributed by atoms with Gasteiger partial charge in [-0.2, -0.15) is 0 Å². The second-order valence-electron chi connectivity index (χ2n) is 5.61. The summed E-state index contributed by atoms with van der Waals surface area (Å²) in [5.41, 5.74) is 0.0180. The highest BCUT2D eigenvalue weighted by molar-refractivity contribution is 6.37. The molecule has 0 aliphatic heterocycles. The van der Waals surface area contributed by atoms with Gasteiger partial charge < -0.3 is 9.84 Å². The molecule has 1 heterocycles. The maximum Gasteiger partial charge on any atom is 0.259 e. The molecule has 0 spiro atoms. The van der Waals surface area contributed by atoms with Crippen LogP contribution in [0.15, 0.2) is 53.3 Å². The predicted molar refractivity (Wildman–Crippen MR) is 98.7 cm³/mol. The summed E-state index contributed by atoms with van der Waals surface area (Å²) in [6.07, 6.45) is 0. The van der Waals surface area contributed by atoms with Gasteiger partial charge in [-0.15, -0.1) is 0 Å². The van der Waals surface area contributed by atoms with Crippen molar-refractivity contribution < 1.29 is 18.6 Å². The van der Waals surface area contributed by atoms with E-state index in [0.29, 0.717) is 0 Å². The Balaban J connectivity index is 1.96. The third-order valence-electron chi connectivity index (χ3n) is 3.81. The van der Waals surface area contributed by atoms with Crippen molar-refractivity contribution in [3.8, 4) is 11.4 Å². The van der Waals surface area contributed by atoms with Crippen molar-refractivity contribution in [1.29, 1.82) is 0 Å². The molecule has 3 aromatic rings. The first-order valence-electron chi connectivity index (χ1n) is 7.78. The van der Waals surface area contributed by atoms with E-state index < -0.39 is 23.8 Å². The number of aliphatic hydroxyl groups excluding tert-OH is 1. The minimum absolute atomic E-state index is 0.118. The van der Waals surface area contributed by atoms with Gasteiger partial charge >= 0.3 is 0 Å². The number of aromatic nitrogens is 1. The van der Waals surface area contributed by atoms with Crippen LogP contribution in [0.1, 0.15) is 11.3 Å². The number of aliphatic hydroxyl groups is 1. The van der Waals surface area contributed by atoms with Gasteiger partial charge in [-0.05, 0) is 24.3 Å². The van der Waals surface area contributed by atoms with E-state index in [1.165, 1.54) is 22.8 Å². The summed E-state index contributed by atoms with van der Waals surface area (Å²) >= 11 is 12.3. The molecule has 1 N–H and O–H groups in total. The van der Waals surface area contributed by atoms with Crippen molar-refractivity contribution in [3.63, 3.8) is 0 Å². The molecule has 0 amide bonds. The Morgan fingerprint density at radius 2 is 1.74 bits per heavy atom. The summed E-state index contributed by atoms with van der Waals surface area (Å²) in [4.78, 5) is 12.6. The fourth-order valence-corrected chi connectivity index (χ4v) is 3.12. The van der Waals surface area contributed by atoms with Crippen molar-refractivity contribution in [3.05, 3.63) is 91.8 Å². The summed E-state index contributed by atoms with van der Waals surface area (Å²) in [6, 6.07) is 10.5. The summed E-state index contributed by atoms with van der Waals surface area (Å²) in [5.74, 6) is -1.33. The van der Waals surface area contributed by atoms with Crippen LogP contribution in [-0.2, 0) is 13.2 Å². The molecular weight excluding hydrogens is 399 g/mol. The highest BCUT2D eigenvalue weighted by Crippen LogP contribution is 2.29. The molecule has 0 aliphatic rings. The maximum atomic E-state index is 13.7. The Morgan fingerprint density at radius 3 is 2.37 bits per heavy atom. The molecule has 0 saturated carbocycles. The molecule has 0 aliphatic carbocycles. The minimum atomic E-state index is -0.756. The summed E-state index contributed by atoms with van der Waals surface area (Å²) in [7, 11) is 0. The zero-order chi connectivity index (χ0) is 19.6. The van der Waals surface area contributed by atoms with Gasteiger partial charge in [0, 0.05) is 23.8 Å². The molecule has 2 aromatic carbocycles. The third-order valence-corrected chi connectivity index (χ3v) is 4.42. The SMILES string of the molecule is O=c1cc(OCc2ccc(F)cc2F)cc(CO)n1-c1c(Cl)cccc1Cl. The van der Waals surface area contributed by atoms with E-state index >= 15 is 0 Å². The van der Waals surface area contributed by atoms with Crippen LogP contribution < -0.4 is 10.3 Å². The molecule has 3 rings (SSSR count). The van der Waals surface area contributed by atoms with Gasteiger partial charge in [0.15, 0.2) is 0 Å². The average molecular weight is 412 g/mol. The van der Waals surface area contributed by atoms with Gasteiger partial charge in [0.2, 0.25) is 0 Å². The van der Waals surface area contributed by atoms with Crippen LogP contribution in [0.2, 0.25) is 10.0 Å². The second-order valence-corrected chi connectivity index (χ2v) is 6.42. The summed E-state index contributed by atoms with van der Waals surface area (Å²) < 4.78 is 33.3. The number of halogens is 4. The highest BCUT2D eigenvalue weighted by Gasteiger charge is 2.15. The zero-order valence-electron chi connectivity index (χ0n) is 13.8. The maximum absolute atomic E-state index is 13.7. The first-order chi connectivity index (χ1) is 12.9. The molecule has 27 heavy (non-hydrogen) atoms. The van der Waals surface area contributed by atoms with Crippen LogP contribution in [0, 0.1) is 11.6 Å². The number of hydrogen-bond acceptors (Lipinski definition) is 3. The number of hydrogen-bond donors (Lipinski definition) is 1. The number of pyridine rings is 1. The Morgan fingerprint density at radius 1 is 1.04 bits per heavy atom. The normalized spacial score (nSPS) is 10.9. The molecule has 1 aromatic heterocycles. The van der Waals surface area contributed by atoms with Gasteiger partial charge in [0.05, 0.1) is 28.0 Å². The number of ether oxygens (including phenoxy) is 1. The molecular formula is C19H13Cl2F2NO3. The fourth-order valence-electron chi connectivity index (χ4n) is 2.55. The van der Waals surface area contributed by atoms with E-state index in [1.54, 1.807) is 18.2 Å². The van der Waals surface area contributed by atoms with Crippen molar-refractivity contribution in [2.24, 2.45) is 0 Å². The van der Waals surface area contributed by atoms with Crippen LogP contribution in [0.3, 0.4) is 0 Å². The van der Waals surface area contributed by atoms with Gasteiger partial charge in [0.1, 0.15) is 24.0 Å². The first-order valence-corrected chi connectivity index (χ1v) is 8.54. The van der Waals surface area contributed by atoms with Crippen molar-refractivity contribution in [1.82, 2.24) is 4.57 Å². The topological polar surface area (TPSA) is 51.5 Å². The smallest absolute Gasteiger partial charge is 0.259 e. The molecule has 0 bridgehead atoms. The third kappa shape index (κ3) is 4.13. The lowest BCUT2D eigenvalue weighted by Crippen LogP contribution is -2.22. The van der Waals surface area contributed by atoms with Gasteiger partial charge in [-0.25, -0.2) is 8.78 Å². The van der Waals surface area contributed by atoms with E-state index in [4.69, 9.17) is 27.9 Å². The molecule has 4 nitrogen and oxygen atoms in total. The molecule has 0 atom stereocenters. The van der Waals surface area contributed by atoms with Crippen LogP contribution in [0.25, 0.3) is 5.69 Å². The summed E-state index contributed by atoms with van der Waals surface area (Å²) in [6.45, 7) is -0.702. The van der Waals surface area contributed by atoms with Crippen LogP contribution >= 0.6 is 23.2 Å². The number of rotatable bonds is 5. The highest BCUT2D eigenvalue weighted by atomic mass is 35.5. The lowest BCUT2D eigenvalue weighted by Gasteiger charge is -2.16. The molecule has 0 saturated heterocycles. The van der Waals surface area contributed by atoms with E-state index in [2.05, 4.69) is 0 Å². The number of para-hydroxylation sites is 1. The Kier molecular flexibility index (Phi) is 5.79. The Labute approximate surface area is 163 Å². The van der Waals surface area contributed by atoms with Gasteiger partial charge in [-0.3, -0.25) is 9.36 Å². The van der Waals surface area contributed by atoms with Crippen molar-refractivity contribution in [2.75, 3.05) is 0 Å². The van der Waals surface area contributed by atoms with Crippen molar-refractivity contribution in [2.45, 2.75) is 13.2 Å². The second kappa shape index (κ2) is 8.08. The molecule has 0 radical (unpaired) electrons. The fraction of sp³-hybridized carbons (Fsp3) is 0.105. The van der Waals surface area contributed by atoms with Gasteiger partial charge in [-0.1, -0.05) is 29.3 Å². The first kappa shape index (κ1) is 19.4. The lowest BCUT2D eigenvalue weighted by molar-refractivity contribution is 0.268. The lowest BCUT2D eigenvalue weighted by atomic mass is 10.2. The van der Waals surface area contributed by atoms with Crippen LogP contribution in [0.5, 0.6) is 5.75 Å². The van der Waals surface area contributed by atoms with E-state index in [0.717, 1.165) is 12.1 Å². The zero-order valence-corrected chi connectivity index (χ0v) is 15.3. The quantitative estimate of drug-likeness (QED) is 0.672. The Bertz CT molecular complexity index is 1030. The van der Waals surface area contributed by atoms with E-state index in [9.17, 15) is 18.7 Å². The molecule has 8 heteroatoms.